The molecule has 0 saturated heterocycles. The predicted molar refractivity (Wildman–Crippen MR) is 79.9 cm³/mol. The highest BCUT2D eigenvalue weighted by Crippen LogP contribution is 2.28. The lowest BCUT2D eigenvalue weighted by atomic mass is 9.82. The molecule has 5 nitrogen and oxygen atoms in total. The number of allylic oxidation sites excluding steroid dienone is 2. The molecule has 0 unspecified atom stereocenters. The quantitative estimate of drug-likeness (QED) is 0.684. The summed E-state index contributed by atoms with van der Waals surface area (Å²) in [5.74, 6) is -0.899. The van der Waals surface area contributed by atoms with E-state index in [2.05, 4.69) is 10.3 Å². The Morgan fingerprint density at radius 3 is 2.86 bits per heavy atom. The number of anilines is 1. The van der Waals surface area contributed by atoms with Crippen molar-refractivity contribution in [3.05, 3.63) is 35.1 Å². The molecule has 0 radical (unpaired) electrons. The van der Waals surface area contributed by atoms with Crippen molar-refractivity contribution in [1.29, 1.82) is 0 Å². The molecule has 112 valence electrons. The van der Waals surface area contributed by atoms with E-state index >= 15 is 0 Å². The van der Waals surface area contributed by atoms with Gasteiger partial charge in [0.2, 0.25) is 0 Å². The van der Waals surface area contributed by atoms with Gasteiger partial charge in [-0.3, -0.25) is 9.59 Å². The van der Waals surface area contributed by atoms with Gasteiger partial charge in [0.25, 0.3) is 0 Å². The number of rotatable bonds is 4. The molecule has 2 rings (SSSR count). The zero-order chi connectivity index (χ0) is 15.4. The van der Waals surface area contributed by atoms with Crippen molar-refractivity contribution in [3.63, 3.8) is 0 Å². The Hall–Kier alpha value is -1.88. The lowest BCUT2D eigenvalue weighted by Gasteiger charge is -2.26. The molecule has 21 heavy (non-hydrogen) atoms. The van der Waals surface area contributed by atoms with Crippen LogP contribution in [0.1, 0.15) is 20.3 Å². The molecule has 1 heterocycles. The van der Waals surface area contributed by atoms with Gasteiger partial charge in [-0.2, -0.15) is 0 Å². The summed E-state index contributed by atoms with van der Waals surface area (Å²) in [5.41, 5.74) is 0.739. The van der Waals surface area contributed by atoms with Crippen LogP contribution in [0, 0.1) is 11.8 Å². The van der Waals surface area contributed by atoms with Crippen molar-refractivity contribution in [1.82, 2.24) is 4.98 Å². The van der Waals surface area contributed by atoms with Gasteiger partial charge in [-0.05, 0) is 31.4 Å². The highest BCUT2D eigenvalue weighted by atomic mass is 35.5. The van der Waals surface area contributed by atoms with Gasteiger partial charge in [0.1, 0.15) is 11.7 Å². The summed E-state index contributed by atoms with van der Waals surface area (Å²) in [6, 6.07) is 3.45. The first kappa shape index (κ1) is 15.5. The summed E-state index contributed by atoms with van der Waals surface area (Å²) in [6.07, 6.45) is 3.57. The first-order chi connectivity index (χ1) is 10.0. The summed E-state index contributed by atoms with van der Waals surface area (Å²) in [6.45, 7) is 3.87. The number of nitrogens with zero attached hydrogens (tertiary/aromatic N) is 1. The molecule has 0 aliphatic heterocycles. The number of carbonyl (C=O) groups is 2. The number of ketones is 1. The van der Waals surface area contributed by atoms with Crippen LogP contribution in [0.15, 0.2) is 30.1 Å². The third kappa shape index (κ3) is 3.82. The van der Waals surface area contributed by atoms with E-state index in [1.807, 2.05) is 6.92 Å². The van der Waals surface area contributed by atoms with E-state index < -0.39 is 11.9 Å². The van der Waals surface area contributed by atoms with Gasteiger partial charge in [-0.25, -0.2) is 4.98 Å². The maximum absolute atomic E-state index is 12.1. The maximum atomic E-state index is 12.1. The lowest BCUT2D eigenvalue weighted by Crippen LogP contribution is -2.35. The van der Waals surface area contributed by atoms with Gasteiger partial charge in [0.15, 0.2) is 5.78 Å². The van der Waals surface area contributed by atoms with Gasteiger partial charge in [0, 0.05) is 18.0 Å². The van der Waals surface area contributed by atoms with Crippen molar-refractivity contribution >= 4 is 29.2 Å². The Balaban J connectivity index is 2.10. The summed E-state index contributed by atoms with van der Waals surface area (Å²) in [5, 5.41) is 3.63. The van der Waals surface area contributed by atoms with Crippen LogP contribution in [0.3, 0.4) is 0 Å². The minimum atomic E-state index is -0.714. The molecular formula is C15H17ClN2O3. The van der Waals surface area contributed by atoms with Crippen LogP contribution in [0.5, 0.6) is 0 Å². The number of hydrogen-bond donors (Lipinski definition) is 1. The Labute approximate surface area is 128 Å². The van der Waals surface area contributed by atoms with Gasteiger partial charge in [-0.1, -0.05) is 18.5 Å². The number of pyridine rings is 1. The smallest absolute Gasteiger partial charge is 0.317 e. The number of nitrogens with one attached hydrogen (secondary N) is 1. The molecule has 1 aromatic heterocycles. The SMILES string of the molecule is CCOC(=O)[C@@H]1C(=O)C=C(Nc2ccc(Cl)cn2)C[C@H]1C. The largest absolute Gasteiger partial charge is 0.465 e. The van der Waals surface area contributed by atoms with Gasteiger partial charge in [-0.15, -0.1) is 0 Å². The van der Waals surface area contributed by atoms with Crippen LogP contribution in [0.2, 0.25) is 5.02 Å². The van der Waals surface area contributed by atoms with Crippen molar-refractivity contribution in [3.8, 4) is 0 Å². The van der Waals surface area contributed by atoms with Crippen molar-refractivity contribution < 1.29 is 14.3 Å². The predicted octanol–water partition coefficient (Wildman–Crippen LogP) is 2.82. The molecule has 0 spiro atoms. The topological polar surface area (TPSA) is 68.3 Å². The molecule has 0 amide bonds. The number of carbonyl (C=O) groups excluding carboxylic acids is 2. The van der Waals surface area contributed by atoms with Gasteiger partial charge in [0.05, 0.1) is 11.6 Å². The fraction of sp³-hybridized carbons (Fsp3) is 0.400. The third-order valence-electron chi connectivity index (χ3n) is 3.29. The highest BCUT2D eigenvalue weighted by Gasteiger charge is 2.36. The number of hydrogen-bond acceptors (Lipinski definition) is 5. The molecule has 0 fully saturated rings. The Morgan fingerprint density at radius 1 is 1.52 bits per heavy atom. The molecule has 1 aliphatic carbocycles. The highest BCUT2D eigenvalue weighted by molar-refractivity contribution is 6.30. The van der Waals surface area contributed by atoms with Crippen LogP contribution >= 0.6 is 11.6 Å². The standard InChI is InChI=1S/C15H17ClN2O3/c1-3-21-15(20)14-9(2)6-11(7-12(14)19)18-13-5-4-10(16)8-17-13/h4-5,7-9,14H,3,6H2,1-2H3,(H,17,18)/t9-,14+/m1/s1. The third-order valence-corrected chi connectivity index (χ3v) is 3.51. The zero-order valence-electron chi connectivity index (χ0n) is 11.9. The summed E-state index contributed by atoms with van der Waals surface area (Å²) < 4.78 is 4.95. The molecule has 1 N–H and O–H groups in total. The molecule has 0 saturated carbocycles. The van der Waals surface area contributed by atoms with E-state index in [4.69, 9.17) is 16.3 Å². The van der Waals surface area contributed by atoms with Crippen molar-refractivity contribution in [2.24, 2.45) is 11.8 Å². The molecule has 1 aliphatic rings. The van der Waals surface area contributed by atoms with E-state index in [-0.39, 0.29) is 18.3 Å². The van der Waals surface area contributed by atoms with Crippen LogP contribution in [-0.4, -0.2) is 23.3 Å². The zero-order valence-corrected chi connectivity index (χ0v) is 12.7. The first-order valence-corrected chi connectivity index (χ1v) is 7.18. The van der Waals surface area contributed by atoms with Crippen LogP contribution in [0.25, 0.3) is 0 Å². The van der Waals surface area contributed by atoms with Crippen molar-refractivity contribution in [2.75, 3.05) is 11.9 Å². The molecule has 0 aromatic carbocycles. The van der Waals surface area contributed by atoms with E-state index in [1.54, 1.807) is 19.1 Å². The monoisotopic (exact) mass is 308 g/mol. The number of ether oxygens (including phenoxy) is 1. The second-order valence-corrected chi connectivity index (χ2v) is 5.41. The van der Waals surface area contributed by atoms with Gasteiger partial charge >= 0.3 is 5.97 Å². The second kappa shape index (κ2) is 6.72. The average Bonchev–Trinajstić information content (AvgIpc) is 2.41. The average molecular weight is 309 g/mol. The summed E-state index contributed by atoms with van der Waals surface area (Å²) in [4.78, 5) is 28.0. The molecule has 6 heteroatoms. The summed E-state index contributed by atoms with van der Waals surface area (Å²) >= 11 is 5.77. The van der Waals surface area contributed by atoms with E-state index in [9.17, 15) is 9.59 Å². The Bertz CT molecular complexity index is 569. The number of aromatic nitrogens is 1. The minimum Gasteiger partial charge on any atom is -0.465 e. The van der Waals surface area contributed by atoms with Crippen LogP contribution in [-0.2, 0) is 14.3 Å². The molecule has 1 aromatic rings. The summed E-state index contributed by atoms with van der Waals surface area (Å²) in [7, 11) is 0. The normalized spacial score (nSPS) is 21.7. The van der Waals surface area contributed by atoms with E-state index in [1.165, 1.54) is 12.3 Å². The fourth-order valence-electron chi connectivity index (χ4n) is 2.35. The van der Waals surface area contributed by atoms with Crippen LogP contribution in [0.4, 0.5) is 5.82 Å². The number of esters is 1. The maximum Gasteiger partial charge on any atom is 0.317 e. The van der Waals surface area contributed by atoms with Crippen molar-refractivity contribution in [2.45, 2.75) is 20.3 Å². The van der Waals surface area contributed by atoms with Crippen LogP contribution < -0.4 is 5.32 Å². The van der Waals surface area contributed by atoms with E-state index in [0.717, 1.165) is 5.70 Å². The Kier molecular flexibility index (Phi) is 4.96. The van der Waals surface area contributed by atoms with Gasteiger partial charge < -0.3 is 10.1 Å². The number of halogens is 1. The molecule has 0 bridgehead atoms. The Morgan fingerprint density at radius 2 is 2.29 bits per heavy atom. The minimum absolute atomic E-state index is 0.114. The second-order valence-electron chi connectivity index (χ2n) is 4.97. The lowest BCUT2D eigenvalue weighted by molar-refractivity contribution is -0.152. The first-order valence-electron chi connectivity index (χ1n) is 6.81. The fourth-order valence-corrected chi connectivity index (χ4v) is 2.46. The van der Waals surface area contributed by atoms with E-state index in [0.29, 0.717) is 17.3 Å². The molecular weight excluding hydrogens is 292 g/mol. The molecule has 2 atom stereocenters.